The van der Waals surface area contributed by atoms with Gasteiger partial charge in [0.05, 0.1) is 0 Å². The molecule has 1 fully saturated rings. The van der Waals surface area contributed by atoms with Gasteiger partial charge < -0.3 is 9.84 Å². The summed E-state index contributed by atoms with van der Waals surface area (Å²) in [6.45, 7) is 2.02. The minimum atomic E-state index is -0.267. The summed E-state index contributed by atoms with van der Waals surface area (Å²) in [6.07, 6.45) is 4.99. The summed E-state index contributed by atoms with van der Waals surface area (Å²) in [5.41, 5.74) is 0.818. The van der Waals surface area contributed by atoms with E-state index in [2.05, 4.69) is 20.8 Å². The molecule has 1 aliphatic rings. The number of carbonyl (C=O) groups excluding carboxylic acids is 1. The van der Waals surface area contributed by atoms with E-state index in [0.29, 0.717) is 23.9 Å². The van der Waals surface area contributed by atoms with Crippen molar-refractivity contribution < 1.29 is 9.32 Å². The lowest BCUT2D eigenvalue weighted by molar-refractivity contribution is -0.122. The van der Waals surface area contributed by atoms with Crippen molar-refractivity contribution in [3.63, 3.8) is 0 Å². The van der Waals surface area contributed by atoms with Gasteiger partial charge in [-0.3, -0.25) is 9.59 Å². The topological polar surface area (TPSA) is 88.0 Å². The van der Waals surface area contributed by atoms with Crippen LogP contribution in [0.3, 0.4) is 0 Å². The molecule has 0 radical (unpaired) electrons. The van der Waals surface area contributed by atoms with Gasteiger partial charge in [-0.05, 0) is 32.6 Å². The second-order valence-corrected chi connectivity index (χ2v) is 8.50. The minimum Gasteiger partial charge on any atom is -0.384 e. The lowest BCUT2D eigenvalue weighted by atomic mass is 9.95. The number of aromatic nitrogens is 2. The molecule has 1 amide bonds. The maximum absolute atomic E-state index is 12.0. The number of amides is 1. The van der Waals surface area contributed by atoms with Gasteiger partial charge in [0.2, 0.25) is 5.91 Å². The number of aryl methyl sites for hydroxylation is 2. The highest BCUT2D eigenvalue weighted by atomic mass is 32.2. The van der Waals surface area contributed by atoms with E-state index in [9.17, 15) is 9.59 Å². The Morgan fingerprint density at radius 2 is 2.25 bits per heavy atom. The Balaban J connectivity index is 1.37. The zero-order chi connectivity index (χ0) is 16.9. The normalized spacial score (nSPS) is 20.9. The Morgan fingerprint density at radius 1 is 1.46 bits per heavy atom. The van der Waals surface area contributed by atoms with Crippen molar-refractivity contribution >= 4 is 29.0 Å². The number of rotatable bonds is 6. The number of nitrogens with zero attached hydrogens (tertiary/aromatic N) is 1. The number of aromatic amines is 1. The van der Waals surface area contributed by atoms with Crippen LogP contribution in [0.5, 0.6) is 0 Å². The molecule has 130 valence electrons. The number of thioether (sulfide) groups is 1. The SMILES string of the molecule is Cc1csc(SC2CCC(NC(=O)CCc3cc(=O)[nH]o3)CC2)n1. The van der Waals surface area contributed by atoms with Gasteiger partial charge in [0.15, 0.2) is 0 Å². The molecule has 0 aliphatic heterocycles. The second-order valence-electron chi connectivity index (χ2n) is 6.09. The molecule has 0 spiro atoms. The molecule has 2 N–H and O–H groups in total. The first-order chi connectivity index (χ1) is 11.6. The molecule has 1 aliphatic carbocycles. The van der Waals surface area contributed by atoms with Crippen LogP contribution in [0.15, 0.2) is 25.1 Å². The molecule has 24 heavy (non-hydrogen) atoms. The van der Waals surface area contributed by atoms with Gasteiger partial charge in [-0.25, -0.2) is 4.98 Å². The van der Waals surface area contributed by atoms with Crippen molar-refractivity contribution in [2.45, 2.75) is 61.1 Å². The van der Waals surface area contributed by atoms with Crippen molar-refractivity contribution in [1.82, 2.24) is 15.5 Å². The third-order valence-corrected chi connectivity index (χ3v) is 6.50. The molecular formula is C16H21N3O3S2. The zero-order valence-electron chi connectivity index (χ0n) is 13.5. The first-order valence-corrected chi connectivity index (χ1v) is 9.90. The molecule has 2 heterocycles. The Bertz CT molecular complexity index is 729. The van der Waals surface area contributed by atoms with E-state index in [1.807, 2.05) is 18.7 Å². The predicted octanol–water partition coefficient (Wildman–Crippen LogP) is 2.89. The Morgan fingerprint density at radius 3 is 2.88 bits per heavy atom. The highest BCUT2D eigenvalue weighted by molar-refractivity contribution is 8.01. The van der Waals surface area contributed by atoms with Crippen molar-refractivity contribution in [1.29, 1.82) is 0 Å². The lowest BCUT2D eigenvalue weighted by Gasteiger charge is -2.28. The van der Waals surface area contributed by atoms with Gasteiger partial charge in [0, 0.05) is 41.3 Å². The number of hydrogen-bond donors (Lipinski definition) is 2. The highest BCUT2D eigenvalue weighted by Gasteiger charge is 2.23. The molecule has 2 aromatic heterocycles. The average Bonchev–Trinajstić information content (AvgIpc) is 3.16. The van der Waals surface area contributed by atoms with E-state index in [-0.39, 0.29) is 17.5 Å². The fourth-order valence-electron chi connectivity index (χ4n) is 2.83. The summed E-state index contributed by atoms with van der Waals surface area (Å²) in [6, 6.07) is 1.64. The van der Waals surface area contributed by atoms with E-state index >= 15 is 0 Å². The smallest absolute Gasteiger partial charge is 0.280 e. The number of hydrogen-bond acceptors (Lipinski definition) is 6. The summed E-state index contributed by atoms with van der Waals surface area (Å²) >= 11 is 3.57. The molecule has 0 aromatic carbocycles. The second kappa shape index (κ2) is 8.02. The maximum atomic E-state index is 12.0. The number of thiazole rings is 1. The maximum Gasteiger partial charge on any atom is 0.280 e. The van der Waals surface area contributed by atoms with Gasteiger partial charge in [0.1, 0.15) is 10.1 Å². The van der Waals surface area contributed by atoms with Crippen LogP contribution in [0.1, 0.15) is 43.6 Å². The van der Waals surface area contributed by atoms with Gasteiger partial charge >= 0.3 is 0 Å². The molecule has 0 unspecified atom stereocenters. The van der Waals surface area contributed by atoms with Crippen molar-refractivity contribution in [3.05, 3.63) is 33.3 Å². The molecule has 3 rings (SSSR count). The van der Waals surface area contributed by atoms with Crippen LogP contribution in [0, 0.1) is 6.92 Å². The van der Waals surface area contributed by atoms with E-state index in [1.165, 1.54) is 6.07 Å². The largest absolute Gasteiger partial charge is 0.384 e. The van der Waals surface area contributed by atoms with Gasteiger partial charge in [0.25, 0.3) is 5.56 Å². The summed E-state index contributed by atoms with van der Waals surface area (Å²) in [5.74, 6) is 0.541. The lowest BCUT2D eigenvalue weighted by Crippen LogP contribution is -2.38. The van der Waals surface area contributed by atoms with Crippen molar-refractivity contribution in [3.8, 4) is 0 Å². The molecule has 8 heteroatoms. The van der Waals surface area contributed by atoms with E-state index in [0.717, 1.165) is 35.7 Å². The Labute approximate surface area is 148 Å². The summed E-state index contributed by atoms with van der Waals surface area (Å²) in [7, 11) is 0. The summed E-state index contributed by atoms with van der Waals surface area (Å²) < 4.78 is 6.10. The summed E-state index contributed by atoms with van der Waals surface area (Å²) in [4.78, 5) is 27.5. The van der Waals surface area contributed by atoms with Gasteiger partial charge in [-0.2, -0.15) is 5.16 Å². The monoisotopic (exact) mass is 367 g/mol. The molecule has 2 aromatic rings. The number of carbonyl (C=O) groups is 1. The predicted molar refractivity (Wildman–Crippen MR) is 94.5 cm³/mol. The Kier molecular flexibility index (Phi) is 5.78. The van der Waals surface area contributed by atoms with Crippen LogP contribution >= 0.6 is 23.1 Å². The molecule has 0 bridgehead atoms. The standard InChI is InChI=1S/C16H21N3O3S2/c1-10-9-23-16(17-10)24-13-5-2-11(3-6-13)18-14(20)7-4-12-8-15(21)19-22-12/h8-9,11,13H,2-7H2,1H3,(H,18,20)(H,19,21). The van der Waals surface area contributed by atoms with E-state index < -0.39 is 0 Å². The molecule has 0 atom stereocenters. The minimum absolute atomic E-state index is 0.0190. The third kappa shape index (κ3) is 4.98. The van der Waals surface area contributed by atoms with Crippen LogP contribution in [-0.2, 0) is 11.2 Å². The average molecular weight is 367 g/mol. The van der Waals surface area contributed by atoms with Gasteiger partial charge in [-0.15, -0.1) is 11.3 Å². The Hall–Kier alpha value is -1.54. The van der Waals surface area contributed by atoms with Crippen LogP contribution in [0.25, 0.3) is 0 Å². The van der Waals surface area contributed by atoms with Crippen LogP contribution in [0.4, 0.5) is 0 Å². The van der Waals surface area contributed by atoms with Crippen LogP contribution in [-0.4, -0.2) is 27.3 Å². The van der Waals surface area contributed by atoms with Crippen molar-refractivity contribution in [2.75, 3.05) is 0 Å². The number of nitrogens with one attached hydrogen (secondary N) is 2. The van der Waals surface area contributed by atoms with Crippen molar-refractivity contribution in [2.24, 2.45) is 0 Å². The molecule has 1 saturated carbocycles. The van der Waals surface area contributed by atoms with E-state index in [1.54, 1.807) is 11.3 Å². The highest BCUT2D eigenvalue weighted by Crippen LogP contribution is 2.35. The molecule has 6 nitrogen and oxygen atoms in total. The van der Waals surface area contributed by atoms with Crippen LogP contribution in [0.2, 0.25) is 0 Å². The van der Waals surface area contributed by atoms with Crippen LogP contribution < -0.4 is 10.9 Å². The summed E-state index contributed by atoms with van der Waals surface area (Å²) in [5, 5.41) is 8.00. The first kappa shape index (κ1) is 17.3. The van der Waals surface area contributed by atoms with Gasteiger partial charge in [-0.1, -0.05) is 11.8 Å². The molecular weight excluding hydrogens is 346 g/mol. The number of H-pyrrole nitrogens is 1. The zero-order valence-corrected chi connectivity index (χ0v) is 15.2. The first-order valence-electron chi connectivity index (χ1n) is 8.14. The quantitative estimate of drug-likeness (QED) is 0.820. The fraction of sp³-hybridized carbons (Fsp3) is 0.562. The van der Waals surface area contributed by atoms with E-state index in [4.69, 9.17) is 4.52 Å². The fourth-order valence-corrected chi connectivity index (χ4v) is 5.12. The molecule has 0 saturated heterocycles. The third-order valence-electron chi connectivity index (χ3n) is 4.08.